The van der Waals surface area contributed by atoms with Crippen LogP contribution in [0.4, 0.5) is 4.79 Å². The number of piperazine rings is 1. The average Bonchev–Trinajstić information content (AvgIpc) is 2.06. The van der Waals surface area contributed by atoms with E-state index in [0.717, 1.165) is 19.5 Å². The van der Waals surface area contributed by atoms with E-state index < -0.39 is 0 Å². The zero-order valence-electron chi connectivity index (χ0n) is 6.42. The van der Waals surface area contributed by atoms with Crippen LogP contribution in [0.1, 0.15) is 12.8 Å². The lowest BCUT2D eigenvalue weighted by molar-refractivity contribution is 0.103. The van der Waals surface area contributed by atoms with Crippen molar-refractivity contribution in [2.45, 2.75) is 24.9 Å². The quantitative estimate of drug-likeness (QED) is 0.495. The summed E-state index contributed by atoms with van der Waals surface area (Å²) in [5, 5.41) is 3.35. The fourth-order valence-corrected chi connectivity index (χ4v) is 1.98. The molecule has 3 heterocycles. The number of hydrogen-bond acceptors (Lipinski definition) is 2. The van der Waals surface area contributed by atoms with E-state index in [1.54, 1.807) is 4.90 Å². The summed E-state index contributed by atoms with van der Waals surface area (Å²) >= 11 is 0. The molecule has 0 aromatic carbocycles. The lowest BCUT2D eigenvalue weighted by atomic mass is 9.93. The van der Waals surface area contributed by atoms with E-state index in [9.17, 15) is 4.79 Å². The van der Waals surface area contributed by atoms with E-state index in [2.05, 4.69) is 5.32 Å². The molecule has 0 unspecified atom stereocenters. The van der Waals surface area contributed by atoms with Gasteiger partial charge in [-0.1, -0.05) is 0 Å². The highest BCUT2D eigenvalue weighted by atomic mass is 16.2. The van der Waals surface area contributed by atoms with Gasteiger partial charge in [-0.2, -0.15) is 0 Å². The van der Waals surface area contributed by atoms with Crippen LogP contribution in [-0.2, 0) is 0 Å². The summed E-state index contributed by atoms with van der Waals surface area (Å²) in [4.78, 5) is 12.6. The van der Waals surface area contributed by atoms with Gasteiger partial charge in [0.25, 0.3) is 0 Å². The van der Waals surface area contributed by atoms with E-state index in [-0.39, 0.29) is 6.03 Å². The Balaban J connectivity index is 2.08. The predicted molar refractivity (Wildman–Crippen MR) is 41.1 cm³/mol. The summed E-state index contributed by atoms with van der Waals surface area (Å²) in [5.74, 6) is 0. The molecule has 11 heavy (non-hydrogen) atoms. The van der Waals surface area contributed by atoms with Crippen molar-refractivity contribution in [2.24, 2.45) is 5.73 Å². The number of hydrogen-bond donors (Lipinski definition) is 2. The highest BCUT2D eigenvalue weighted by Gasteiger charge is 2.34. The van der Waals surface area contributed by atoms with Gasteiger partial charge in [-0.05, 0) is 12.8 Å². The first kappa shape index (κ1) is 6.91. The van der Waals surface area contributed by atoms with Gasteiger partial charge in [0, 0.05) is 25.2 Å². The minimum absolute atomic E-state index is 0.263. The maximum Gasteiger partial charge on any atom is 0.315 e. The number of nitrogens with two attached hydrogens (primary N) is 1. The molecule has 2 amide bonds. The van der Waals surface area contributed by atoms with Crippen molar-refractivity contribution >= 4 is 6.03 Å². The first-order valence-corrected chi connectivity index (χ1v) is 4.07. The maximum absolute atomic E-state index is 10.9. The number of rotatable bonds is 0. The third kappa shape index (κ3) is 1.07. The molecule has 4 heteroatoms. The van der Waals surface area contributed by atoms with Gasteiger partial charge in [-0.15, -0.1) is 0 Å². The third-order valence-electron chi connectivity index (χ3n) is 2.63. The first-order valence-electron chi connectivity index (χ1n) is 4.07. The van der Waals surface area contributed by atoms with Crippen LogP contribution in [0.2, 0.25) is 0 Å². The summed E-state index contributed by atoms with van der Waals surface area (Å²) < 4.78 is 0. The molecule has 3 rings (SSSR count). The molecule has 2 bridgehead atoms. The third-order valence-corrected chi connectivity index (χ3v) is 2.63. The number of nitrogens with zero attached hydrogens (tertiary/aromatic N) is 1. The molecule has 0 aromatic rings. The van der Waals surface area contributed by atoms with Crippen molar-refractivity contribution in [1.29, 1.82) is 0 Å². The molecular formula is C7H13N3O. The largest absolute Gasteiger partial charge is 0.351 e. The van der Waals surface area contributed by atoms with Crippen molar-refractivity contribution in [3.05, 3.63) is 0 Å². The van der Waals surface area contributed by atoms with E-state index in [0.29, 0.717) is 12.1 Å². The van der Waals surface area contributed by atoms with E-state index in [1.165, 1.54) is 6.42 Å². The monoisotopic (exact) mass is 155 g/mol. The zero-order valence-corrected chi connectivity index (χ0v) is 6.42. The Morgan fingerprint density at radius 3 is 2.64 bits per heavy atom. The van der Waals surface area contributed by atoms with Crippen LogP contribution < -0.4 is 11.1 Å². The van der Waals surface area contributed by atoms with Crippen LogP contribution in [0, 0.1) is 0 Å². The topological polar surface area (TPSA) is 58.4 Å². The van der Waals surface area contributed by atoms with Crippen molar-refractivity contribution in [2.75, 3.05) is 13.1 Å². The van der Waals surface area contributed by atoms with E-state index in [4.69, 9.17) is 5.73 Å². The summed E-state index contributed by atoms with van der Waals surface area (Å²) in [6, 6.07) is 0.589. The number of amides is 2. The van der Waals surface area contributed by atoms with Crippen LogP contribution in [-0.4, -0.2) is 36.1 Å². The second-order valence-electron chi connectivity index (χ2n) is 3.33. The smallest absolute Gasteiger partial charge is 0.315 e. The molecule has 4 nitrogen and oxygen atoms in total. The van der Waals surface area contributed by atoms with Gasteiger partial charge in [0.2, 0.25) is 0 Å². The Morgan fingerprint density at radius 2 is 2.36 bits per heavy atom. The summed E-state index contributed by atoms with van der Waals surface area (Å²) in [7, 11) is 0. The molecular weight excluding hydrogens is 142 g/mol. The Hall–Kier alpha value is -0.770. The second kappa shape index (κ2) is 2.37. The van der Waals surface area contributed by atoms with Crippen molar-refractivity contribution in [1.82, 2.24) is 10.2 Å². The molecule has 0 spiro atoms. The lowest BCUT2D eigenvalue weighted by Crippen LogP contribution is -2.63. The molecule has 0 saturated carbocycles. The van der Waals surface area contributed by atoms with E-state index >= 15 is 0 Å². The van der Waals surface area contributed by atoms with Crippen molar-refractivity contribution < 1.29 is 4.79 Å². The van der Waals surface area contributed by atoms with E-state index in [1.807, 2.05) is 0 Å². The van der Waals surface area contributed by atoms with Gasteiger partial charge < -0.3 is 16.0 Å². The average molecular weight is 155 g/mol. The molecule has 3 N–H and O–H groups in total. The first-order chi connectivity index (χ1) is 5.27. The summed E-state index contributed by atoms with van der Waals surface area (Å²) in [6.45, 7) is 1.73. The fraction of sp³-hybridized carbons (Fsp3) is 0.857. The van der Waals surface area contributed by atoms with Crippen LogP contribution in [0.25, 0.3) is 0 Å². The zero-order chi connectivity index (χ0) is 7.84. The Morgan fingerprint density at radius 1 is 1.55 bits per heavy atom. The maximum atomic E-state index is 10.9. The SMILES string of the molecule is NC(=O)N1C[C@@H]2CC[C@H]1CN2. The normalized spacial score (nSPS) is 35.8. The number of carbonyl (C=O) groups is 1. The Bertz CT molecular complexity index is 175. The summed E-state index contributed by atoms with van der Waals surface area (Å²) in [6.07, 6.45) is 2.30. The minimum atomic E-state index is -0.263. The van der Waals surface area contributed by atoms with Gasteiger partial charge in [0.15, 0.2) is 0 Å². The number of primary amides is 1. The van der Waals surface area contributed by atoms with Crippen LogP contribution in [0.15, 0.2) is 0 Å². The molecule has 3 aliphatic rings. The van der Waals surface area contributed by atoms with Crippen molar-refractivity contribution in [3.8, 4) is 0 Å². The van der Waals surface area contributed by atoms with Crippen LogP contribution >= 0.6 is 0 Å². The Kier molecular flexibility index (Phi) is 1.49. The second-order valence-corrected chi connectivity index (χ2v) is 3.33. The molecule has 3 fully saturated rings. The van der Waals surface area contributed by atoms with Gasteiger partial charge in [-0.25, -0.2) is 4.79 Å². The van der Waals surface area contributed by atoms with Gasteiger partial charge in [0.05, 0.1) is 0 Å². The van der Waals surface area contributed by atoms with Gasteiger partial charge >= 0.3 is 6.03 Å². The molecule has 3 saturated heterocycles. The number of urea groups is 1. The standard InChI is InChI=1S/C7H13N3O/c8-7(11)10-4-5-1-2-6(10)3-9-5/h5-6,9H,1-4H2,(H2,8,11)/t5-,6-/m0/s1. The van der Waals surface area contributed by atoms with Gasteiger partial charge in [0.1, 0.15) is 0 Å². The molecule has 0 radical (unpaired) electrons. The lowest BCUT2D eigenvalue weighted by Gasteiger charge is -2.45. The van der Waals surface area contributed by atoms with Crippen LogP contribution in [0.5, 0.6) is 0 Å². The summed E-state index contributed by atoms with van der Waals surface area (Å²) in [5.41, 5.74) is 5.21. The number of nitrogens with one attached hydrogen (secondary N) is 1. The molecule has 3 aliphatic heterocycles. The predicted octanol–water partition coefficient (Wildman–Crippen LogP) is -0.499. The number of piperidine rings is 2. The molecule has 0 aromatic heterocycles. The highest BCUT2D eigenvalue weighted by molar-refractivity contribution is 5.72. The number of fused-ring (bicyclic) bond motifs is 3. The minimum Gasteiger partial charge on any atom is -0.351 e. The molecule has 2 atom stereocenters. The Labute approximate surface area is 65.7 Å². The molecule has 62 valence electrons. The van der Waals surface area contributed by atoms with Crippen molar-refractivity contribution in [3.63, 3.8) is 0 Å². The fourth-order valence-electron chi connectivity index (χ4n) is 1.98. The van der Waals surface area contributed by atoms with Gasteiger partial charge in [-0.3, -0.25) is 0 Å². The van der Waals surface area contributed by atoms with Crippen LogP contribution in [0.3, 0.4) is 0 Å². The number of carbonyl (C=O) groups excluding carboxylic acids is 1. The highest BCUT2D eigenvalue weighted by Crippen LogP contribution is 2.21. The molecule has 0 aliphatic carbocycles.